The molecular formula is C15H14N4O. The fraction of sp³-hybridized carbons (Fsp3) is 0.133. The van der Waals surface area contributed by atoms with Gasteiger partial charge in [0.25, 0.3) is 5.89 Å². The van der Waals surface area contributed by atoms with Gasteiger partial charge >= 0.3 is 0 Å². The number of rotatable bonds is 3. The van der Waals surface area contributed by atoms with Gasteiger partial charge in [0, 0.05) is 18.8 Å². The molecule has 0 radical (unpaired) electrons. The van der Waals surface area contributed by atoms with Gasteiger partial charge in [-0.15, -0.1) is 0 Å². The molecule has 0 atom stereocenters. The van der Waals surface area contributed by atoms with Crippen LogP contribution in [0.1, 0.15) is 17.0 Å². The lowest BCUT2D eigenvalue weighted by molar-refractivity contribution is 0.424. The Morgan fingerprint density at radius 2 is 2.10 bits per heavy atom. The van der Waals surface area contributed by atoms with Crippen LogP contribution in [0.25, 0.3) is 11.5 Å². The highest BCUT2D eigenvalue weighted by molar-refractivity contribution is 5.57. The van der Waals surface area contributed by atoms with Gasteiger partial charge in [-0.25, -0.2) is 0 Å². The van der Waals surface area contributed by atoms with Crippen LogP contribution in [-0.4, -0.2) is 15.1 Å². The zero-order valence-electron chi connectivity index (χ0n) is 11.1. The highest BCUT2D eigenvalue weighted by atomic mass is 16.5. The number of aromatic nitrogens is 3. The van der Waals surface area contributed by atoms with Crippen molar-refractivity contribution in [3.05, 3.63) is 59.7 Å². The second kappa shape index (κ2) is 5.13. The van der Waals surface area contributed by atoms with Crippen molar-refractivity contribution in [3.8, 4) is 11.5 Å². The first-order valence-corrected chi connectivity index (χ1v) is 6.30. The van der Waals surface area contributed by atoms with Gasteiger partial charge in [0.2, 0.25) is 0 Å². The lowest BCUT2D eigenvalue weighted by Gasteiger charge is -1.98. The van der Waals surface area contributed by atoms with Crippen LogP contribution < -0.4 is 5.73 Å². The smallest absolute Gasteiger partial charge is 0.259 e. The second-order valence-corrected chi connectivity index (χ2v) is 4.69. The molecule has 2 heterocycles. The minimum Gasteiger partial charge on any atom is -0.397 e. The van der Waals surface area contributed by atoms with Gasteiger partial charge in [-0.1, -0.05) is 35.0 Å². The highest BCUT2D eigenvalue weighted by Crippen LogP contribution is 2.19. The van der Waals surface area contributed by atoms with Crippen molar-refractivity contribution < 1.29 is 4.52 Å². The van der Waals surface area contributed by atoms with E-state index in [9.17, 15) is 0 Å². The number of anilines is 1. The molecule has 20 heavy (non-hydrogen) atoms. The molecule has 2 N–H and O–H groups in total. The number of benzene rings is 1. The molecule has 5 nitrogen and oxygen atoms in total. The molecular weight excluding hydrogens is 252 g/mol. The van der Waals surface area contributed by atoms with Gasteiger partial charge < -0.3 is 10.3 Å². The summed E-state index contributed by atoms with van der Waals surface area (Å²) < 4.78 is 5.25. The van der Waals surface area contributed by atoms with E-state index in [-0.39, 0.29) is 0 Å². The normalized spacial score (nSPS) is 10.7. The van der Waals surface area contributed by atoms with E-state index in [1.807, 2.05) is 12.1 Å². The number of hydrogen-bond donors (Lipinski definition) is 1. The summed E-state index contributed by atoms with van der Waals surface area (Å²) in [6.07, 6.45) is 3.87. The van der Waals surface area contributed by atoms with Crippen molar-refractivity contribution in [2.45, 2.75) is 13.3 Å². The summed E-state index contributed by atoms with van der Waals surface area (Å²) in [7, 11) is 0. The molecule has 0 aliphatic carbocycles. The van der Waals surface area contributed by atoms with Crippen molar-refractivity contribution in [1.82, 2.24) is 15.1 Å². The Kier molecular flexibility index (Phi) is 3.16. The van der Waals surface area contributed by atoms with Crippen LogP contribution in [0, 0.1) is 6.92 Å². The number of nitrogen functional groups attached to an aromatic ring is 1. The van der Waals surface area contributed by atoms with Crippen LogP contribution in [0.4, 0.5) is 5.69 Å². The standard InChI is InChI=1S/C15H14N4O/c1-10-3-2-4-11(5-10)6-14-18-15(20-19-14)12-7-13(16)9-17-8-12/h2-5,7-9H,6,16H2,1H3. The summed E-state index contributed by atoms with van der Waals surface area (Å²) in [6, 6.07) is 10.00. The molecule has 2 aromatic heterocycles. The van der Waals surface area contributed by atoms with E-state index >= 15 is 0 Å². The van der Waals surface area contributed by atoms with Crippen LogP contribution in [-0.2, 0) is 6.42 Å². The minimum atomic E-state index is 0.437. The van der Waals surface area contributed by atoms with Crippen molar-refractivity contribution in [3.63, 3.8) is 0 Å². The van der Waals surface area contributed by atoms with E-state index in [2.05, 4.69) is 34.2 Å². The third-order valence-electron chi connectivity index (χ3n) is 2.92. The van der Waals surface area contributed by atoms with Crippen molar-refractivity contribution in [2.24, 2.45) is 0 Å². The number of nitrogens with zero attached hydrogens (tertiary/aromatic N) is 3. The fourth-order valence-electron chi connectivity index (χ4n) is 2.02. The third kappa shape index (κ3) is 2.66. The summed E-state index contributed by atoms with van der Waals surface area (Å²) in [5, 5.41) is 3.99. The van der Waals surface area contributed by atoms with Crippen molar-refractivity contribution >= 4 is 5.69 Å². The van der Waals surface area contributed by atoms with E-state index in [0.29, 0.717) is 23.8 Å². The van der Waals surface area contributed by atoms with Crippen LogP contribution in [0.3, 0.4) is 0 Å². The van der Waals surface area contributed by atoms with Crippen LogP contribution in [0.2, 0.25) is 0 Å². The first-order valence-electron chi connectivity index (χ1n) is 6.30. The number of nitrogens with two attached hydrogens (primary N) is 1. The number of aryl methyl sites for hydroxylation is 1. The largest absolute Gasteiger partial charge is 0.397 e. The molecule has 1 aromatic carbocycles. The van der Waals surface area contributed by atoms with Gasteiger partial charge in [-0.2, -0.15) is 4.98 Å². The molecule has 0 fully saturated rings. The summed E-state index contributed by atoms with van der Waals surface area (Å²) in [5.41, 5.74) is 9.36. The molecule has 0 aliphatic rings. The van der Waals surface area contributed by atoms with Crippen LogP contribution >= 0.6 is 0 Å². The zero-order chi connectivity index (χ0) is 13.9. The Morgan fingerprint density at radius 1 is 1.20 bits per heavy atom. The van der Waals surface area contributed by atoms with E-state index in [1.165, 1.54) is 5.56 Å². The Hall–Kier alpha value is -2.69. The maximum absolute atomic E-state index is 5.69. The van der Waals surface area contributed by atoms with Gasteiger partial charge in [0.1, 0.15) is 0 Å². The first kappa shape index (κ1) is 12.3. The predicted molar refractivity (Wildman–Crippen MR) is 75.9 cm³/mol. The zero-order valence-corrected chi connectivity index (χ0v) is 11.1. The molecule has 0 spiro atoms. The Balaban J connectivity index is 1.84. The molecule has 0 unspecified atom stereocenters. The molecule has 3 rings (SSSR count). The van der Waals surface area contributed by atoms with Crippen molar-refractivity contribution in [1.29, 1.82) is 0 Å². The van der Waals surface area contributed by atoms with Gasteiger partial charge in [-0.05, 0) is 18.6 Å². The van der Waals surface area contributed by atoms with Gasteiger partial charge in [0.15, 0.2) is 5.82 Å². The average molecular weight is 266 g/mol. The number of hydrogen-bond acceptors (Lipinski definition) is 5. The first-order chi connectivity index (χ1) is 9.70. The fourth-order valence-corrected chi connectivity index (χ4v) is 2.02. The van der Waals surface area contributed by atoms with Crippen LogP contribution in [0.15, 0.2) is 47.2 Å². The maximum Gasteiger partial charge on any atom is 0.259 e. The van der Waals surface area contributed by atoms with E-state index < -0.39 is 0 Å². The van der Waals surface area contributed by atoms with Crippen molar-refractivity contribution in [2.75, 3.05) is 5.73 Å². The predicted octanol–water partition coefficient (Wildman–Crippen LogP) is 2.61. The topological polar surface area (TPSA) is 77.8 Å². The van der Waals surface area contributed by atoms with Gasteiger partial charge in [-0.3, -0.25) is 4.98 Å². The van der Waals surface area contributed by atoms with E-state index in [1.54, 1.807) is 18.5 Å². The quantitative estimate of drug-likeness (QED) is 0.788. The molecule has 0 aliphatic heterocycles. The van der Waals surface area contributed by atoms with E-state index in [4.69, 9.17) is 10.3 Å². The molecule has 0 saturated carbocycles. The molecule has 0 amide bonds. The lowest BCUT2D eigenvalue weighted by Crippen LogP contribution is -1.91. The maximum atomic E-state index is 5.69. The highest BCUT2D eigenvalue weighted by Gasteiger charge is 2.10. The molecule has 5 heteroatoms. The summed E-state index contributed by atoms with van der Waals surface area (Å²) in [4.78, 5) is 8.39. The number of pyridine rings is 1. The molecule has 100 valence electrons. The molecule has 3 aromatic rings. The second-order valence-electron chi connectivity index (χ2n) is 4.69. The monoisotopic (exact) mass is 266 g/mol. The Morgan fingerprint density at radius 3 is 2.90 bits per heavy atom. The third-order valence-corrected chi connectivity index (χ3v) is 2.92. The van der Waals surface area contributed by atoms with E-state index in [0.717, 1.165) is 11.1 Å². The van der Waals surface area contributed by atoms with Crippen LogP contribution in [0.5, 0.6) is 0 Å². The average Bonchev–Trinajstić information content (AvgIpc) is 2.87. The molecule has 0 saturated heterocycles. The Bertz CT molecular complexity index is 736. The minimum absolute atomic E-state index is 0.437. The SMILES string of the molecule is Cc1cccc(Cc2noc(-c3cncc(N)c3)n2)c1. The summed E-state index contributed by atoms with van der Waals surface area (Å²) in [6.45, 7) is 2.06. The Labute approximate surface area is 116 Å². The summed E-state index contributed by atoms with van der Waals surface area (Å²) >= 11 is 0. The molecule has 0 bridgehead atoms. The van der Waals surface area contributed by atoms with Gasteiger partial charge in [0.05, 0.1) is 11.3 Å². The lowest BCUT2D eigenvalue weighted by atomic mass is 10.1. The summed E-state index contributed by atoms with van der Waals surface area (Å²) in [5.74, 6) is 1.08.